The number of nitrogens with one attached hydrogen (secondary N) is 1. The van der Waals surface area contributed by atoms with Crippen molar-refractivity contribution < 1.29 is 9.59 Å². The van der Waals surface area contributed by atoms with Crippen LogP contribution < -0.4 is 5.32 Å². The van der Waals surface area contributed by atoms with Crippen LogP contribution in [0.1, 0.15) is 44.2 Å². The Hall–Kier alpha value is -2.27. The van der Waals surface area contributed by atoms with Gasteiger partial charge in [-0.1, -0.05) is 38.1 Å². The van der Waals surface area contributed by atoms with Gasteiger partial charge in [0.1, 0.15) is 5.54 Å². The maximum Gasteiger partial charge on any atom is 0.250 e. The number of hydrogen-bond acceptors (Lipinski definition) is 3. The van der Waals surface area contributed by atoms with E-state index >= 15 is 0 Å². The molecule has 1 fully saturated rings. The van der Waals surface area contributed by atoms with E-state index in [0.29, 0.717) is 25.3 Å². The van der Waals surface area contributed by atoms with Crippen LogP contribution in [0.2, 0.25) is 0 Å². The normalized spacial score (nSPS) is 18.7. The summed E-state index contributed by atoms with van der Waals surface area (Å²) in [5.41, 5.74) is 2.22. The molecule has 0 bridgehead atoms. The minimum Gasteiger partial charge on any atom is -0.328 e. The van der Waals surface area contributed by atoms with Crippen LogP contribution in [0.15, 0.2) is 53.4 Å². The molecule has 0 saturated carbocycles. The van der Waals surface area contributed by atoms with Crippen molar-refractivity contribution in [1.29, 1.82) is 0 Å². The fourth-order valence-electron chi connectivity index (χ4n) is 3.43. The van der Waals surface area contributed by atoms with E-state index in [9.17, 15) is 9.59 Å². The van der Waals surface area contributed by atoms with E-state index in [1.807, 2.05) is 49.6 Å². The first-order valence-electron chi connectivity index (χ1n) is 9.68. The number of thioether (sulfide) groups is 1. The summed E-state index contributed by atoms with van der Waals surface area (Å²) in [6.45, 7) is 6.78. The molecule has 3 rings (SSSR count). The Labute approximate surface area is 171 Å². The van der Waals surface area contributed by atoms with Crippen LogP contribution in [-0.2, 0) is 16.0 Å². The number of amides is 2. The first-order valence-corrected chi connectivity index (χ1v) is 10.9. The van der Waals surface area contributed by atoms with Crippen molar-refractivity contribution in [3.63, 3.8) is 0 Å². The molecule has 1 N–H and O–H groups in total. The third kappa shape index (κ3) is 4.25. The van der Waals surface area contributed by atoms with Crippen LogP contribution in [0.25, 0.3) is 0 Å². The summed E-state index contributed by atoms with van der Waals surface area (Å²) in [6, 6.07) is 15.9. The van der Waals surface area contributed by atoms with Crippen LogP contribution in [0.4, 0.5) is 5.69 Å². The summed E-state index contributed by atoms with van der Waals surface area (Å²) in [5, 5.41) is 2.96. The lowest BCUT2D eigenvalue weighted by Gasteiger charge is -2.49. The first-order chi connectivity index (χ1) is 13.3. The van der Waals surface area contributed by atoms with Gasteiger partial charge in [0.25, 0.3) is 0 Å². The van der Waals surface area contributed by atoms with Crippen molar-refractivity contribution in [2.75, 3.05) is 18.1 Å². The van der Waals surface area contributed by atoms with E-state index in [0.717, 1.165) is 16.1 Å². The highest BCUT2D eigenvalue weighted by molar-refractivity contribution is 7.98. The minimum atomic E-state index is -0.785. The Morgan fingerprint density at radius 1 is 1.11 bits per heavy atom. The molecule has 0 aromatic heterocycles. The molecular weight excluding hydrogens is 368 g/mol. The summed E-state index contributed by atoms with van der Waals surface area (Å²) in [7, 11) is 0. The Kier molecular flexibility index (Phi) is 6.14. The smallest absolute Gasteiger partial charge is 0.250 e. The average molecular weight is 397 g/mol. The third-order valence-corrected chi connectivity index (χ3v) is 6.30. The second-order valence-electron chi connectivity index (χ2n) is 7.82. The Morgan fingerprint density at radius 2 is 1.75 bits per heavy atom. The molecule has 1 saturated heterocycles. The van der Waals surface area contributed by atoms with Gasteiger partial charge >= 0.3 is 0 Å². The number of likely N-dealkylation sites (tertiary alicyclic amines) is 1. The Balaban J connectivity index is 1.63. The topological polar surface area (TPSA) is 49.4 Å². The van der Waals surface area contributed by atoms with Gasteiger partial charge in [-0.25, -0.2) is 0 Å². The molecule has 1 unspecified atom stereocenters. The summed E-state index contributed by atoms with van der Waals surface area (Å²) in [4.78, 5) is 28.5. The molecule has 0 spiro atoms. The predicted octanol–water partition coefficient (Wildman–Crippen LogP) is 4.70. The molecule has 4 nitrogen and oxygen atoms in total. The van der Waals surface area contributed by atoms with E-state index in [2.05, 4.69) is 31.3 Å². The number of carbonyl (C=O) groups is 2. The van der Waals surface area contributed by atoms with Crippen molar-refractivity contribution in [1.82, 2.24) is 4.90 Å². The van der Waals surface area contributed by atoms with Crippen molar-refractivity contribution in [3.8, 4) is 0 Å². The predicted molar refractivity (Wildman–Crippen MR) is 116 cm³/mol. The molecule has 1 atom stereocenters. The number of anilines is 1. The summed E-state index contributed by atoms with van der Waals surface area (Å²) in [5.74, 6) is 0.343. The highest BCUT2D eigenvalue weighted by Crippen LogP contribution is 2.32. The highest BCUT2D eigenvalue weighted by Gasteiger charge is 2.49. The zero-order valence-corrected chi connectivity index (χ0v) is 17.8. The number of carbonyl (C=O) groups excluding carboxylic acids is 2. The molecule has 148 valence electrons. The van der Waals surface area contributed by atoms with Crippen molar-refractivity contribution in [2.45, 2.75) is 50.0 Å². The summed E-state index contributed by atoms with van der Waals surface area (Å²) >= 11 is 1.66. The van der Waals surface area contributed by atoms with E-state index in [1.165, 1.54) is 5.56 Å². The van der Waals surface area contributed by atoms with Crippen molar-refractivity contribution in [2.24, 2.45) is 0 Å². The van der Waals surface area contributed by atoms with Gasteiger partial charge in [0, 0.05) is 17.1 Å². The molecule has 2 aromatic rings. The lowest BCUT2D eigenvalue weighted by atomic mass is 9.84. The van der Waals surface area contributed by atoms with Crippen LogP contribution in [-0.4, -0.2) is 35.1 Å². The SMILES string of the molecule is CSc1ccc(NC(=O)C2(C)CCN2C(=O)Cc2ccc(C(C)C)cc2)cc1. The molecule has 1 heterocycles. The average Bonchev–Trinajstić information content (AvgIpc) is 2.67. The second kappa shape index (κ2) is 8.39. The van der Waals surface area contributed by atoms with Gasteiger partial charge in [-0.3, -0.25) is 9.59 Å². The molecule has 1 aliphatic rings. The van der Waals surface area contributed by atoms with Crippen LogP contribution in [0.3, 0.4) is 0 Å². The molecular formula is C23H28N2O2S. The van der Waals surface area contributed by atoms with Gasteiger partial charge in [-0.05, 0) is 60.9 Å². The maximum atomic E-state index is 12.8. The number of hydrogen-bond donors (Lipinski definition) is 1. The molecule has 0 radical (unpaired) electrons. The lowest BCUT2D eigenvalue weighted by Crippen LogP contribution is -2.66. The summed E-state index contributed by atoms with van der Waals surface area (Å²) < 4.78 is 0. The van der Waals surface area contributed by atoms with Gasteiger partial charge in [0.05, 0.1) is 6.42 Å². The minimum absolute atomic E-state index is 0.000993. The largest absolute Gasteiger partial charge is 0.328 e. The molecule has 2 amide bonds. The van der Waals surface area contributed by atoms with Crippen LogP contribution >= 0.6 is 11.8 Å². The van der Waals surface area contributed by atoms with E-state index in [4.69, 9.17) is 0 Å². The first kappa shape index (κ1) is 20.5. The molecule has 0 aliphatic carbocycles. The van der Waals surface area contributed by atoms with E-state index in [-0.39, 0.29) is 11.8 Å². The van der Waals surface area contributed by atoms with Crippen LogP contribution in [0, 0.1) is 0 Å². The Morgan fingerprint density at radius 3 is 2.25 bits per heavy atom. The molecule has 5 heteroatoms. The standard InChI is InChI=1S/C23H28N2O2S/c1-16(2)18-7-5-17(6-8-18)15-21(26)25-14-13-23(25,3)22(27)24-19-9-11-20(28-4)12-10-19/h5-12,16H,13-15H2,1-4H3,(H,24,27). The zero-order chi connectivity index (χ0) is 20.3. The Bertz CT molecular complexity index is 846. The zero-order valence-electron chi connectivity index (χ0n) is 17.0. The fraction of sp³-hybridized carbons (Fsp3) is 0.391. The molecule has 1 aliphatic heterocycles. The van der Waals surface area contributed by atoms with Crippen molar-refractivity contribution >= 4 is 29.3 Å². The number of benzene rings is 2. The fourth-order valence-corrected chi connectivity index (χ4v) is 3.83. The van der Waals surface area contributed by atoms with E-state index in [1.54, 1.807) is 16.7 Å². The van der Waals surface area contributed by atoms with Gasteiger partial charge in [-0.15, -0.1) is 11.8 Å². The lowest BCUT2D eigenvalue weighted by molar-refractivity contribution is -0.154. The monoisotopic (exact) mass is 396 g/mol. The number of rotatable bonds is 6. The number of nitrogens with zero attached hydrogens (tertiary/aromatic N) is 1. The van der Waals surface area contributed by atoms with Gasteiger partial charge in [0.2, 0.25) is 11.8 Å². The van der Waals surface area contributed by atoms with Gasteiger partial charge in [0.15, 0.2) is 0 Å². The van der Waals surface area contributed by atoms with Gasteiger partial charge in [-0.2, -0.15) is 0 Å². The summed E-state index contributed by atoms with van der Waals surface area (Å²) in [6.07, 6.45) is 3.02. The maximum absolute atomic E-state index is 12.8. The molecule has 2 aromatic carbocycles. The second-order valence-corrected chi connectivity index (χ2v) is 8.70. The van der Waals surface area contributed by atoms with Crippen molar-refractivity contribution in [3.05, 3.63) is 59.7 Å². The van der Waals surface area contributed by atoms with Crippen LogP contribution in [0.5, 0.6) is 0 Å². The highest BCUT2D eigenvalue weighted by atomic mass is 32.2. The van der Waals surface area contributed by atoms with Gasteiger partial charge < -0.3 is 10.2 Å². The third-order valence-electron chi connectivity index (χ3n) is 5.56. The van der Waals surface area contributed by atoms with E-state index < -0.39 is 5.54 Å². The molecule has 28 heavy (non-hydrogen) atoms. The quantitative estimate of drug-likeness (QED) is 0.720.